The Bertz CT molecular complexity index is 1080. The van der Waals surface area contributed by atoms with Crippen molar-refractivity contribution in [1.29, 1.82) is 0 Å². The van der Waals surface area contributed by atoms with Crippen molar-refractivity contribution in [3.8, 4) is 5.75 Å². The molecule has 0 amide bonds. The third kappa shape index (κ3) is 5.48. The SMILES string of the molecule is CCCCCOc1ccc(S(=O)(=O)Nc2ccccc2C(=O)c2ccccc2)cc1. The summed E-state index contributed by atoms with van der Waals surface area (Å²) in [6, 6.07) is 21.6. The highest BCUT2D eigenvalue weighted by molar-refractivity contribution is 7.92. The van der Waals surface area contributed by atoms with E-state index in [9.17, 15) is 13.2 Å². The van der Waals surface area contributed by atoms with E-state index in [1.807, 2.05) is 6.07 Å². The van der Waals surface area contributed by atoms with Crippen LogP contribution >= 0.6 is 0 Å². The van der Waals surface area contributed by atoms with Gasteiger partial charge in [0.15, 0.2) is 5.78 Å². The van der Waals surface area contributed by atoms with E-state index in [1.54, 1.807) is 60.7 Å². The maximum Gasteiger partial charge on any atom is 0.261 e. The van der Waals surface area contributed by atoms with Crippen molar-refractivity contribution in [3.05, 3.63) is 90.0 Å². The van der Waals surface area contributed by atoms with Gasteiger partial charge in [-0.2, -0.15) is 0 Å². The zero-order valence-corrected chi connectivity index (χ0v) is 17.7. The molecule has 3 aromatic carbocycles. The molecular weight excluding hydrogens is 398 g/mol. The molecule has 0 aliphatic rings. The minimum absolute atomic E-state index is 0.102. The fourth-order valence-corrected chi connectivity index (χ4v) is 4.06. The van der Waals surface area contributed by atoms with Crippen molar-refractivity contribution in [2.45, 2.75) is 31.1 Å². The van der Waals surface area contributed by atoms with E-state index >= 15 is 0 Å². The number of carbonyl (C=O) groups is 1. The van der Waals surface area contributed by atoms with Crippen LogP contribution in [0, 0.1) is 0 Å². The number of anilines is 1. The van der Waals surface area contributed by atoms with Crippen LogP contribution in [0.15, 0.2) is 83.8 Å². The Morgan fingerprint density at radius 1 is 0.867 bits per heavy atom. The summed E-state index contributed by atoms with van der Waals surface area (Å²) >= 11 is 0. The molecule has 0 atom stereocenters. The molecule has 0 aliphatic carbocycles. The lowest BCUT2D eigenvalue weighted by Gasteiger charge is -2.13. The highest BCUT2D eigenvalue weighted by atomic mass is 32.2. The number of ketones is 1. The number of rotatable bonds is 10. The van der Waals surface area contributed by atoms with Gasteiger partial charge in [0.1, 0.15) is 5.75 Å². The van der Waals surface area contributed by atoms with Crippen molar-refractivity contribution in [2.75, 3.05) is 11.3 Å². The summed E-state index contributed by atoms with van der Waals surface area (Å²) in [5, 5.41) is 0. The molecule has 1 N–H and O–H groups in total. The monoisotopic (exact) mass is 423 g/mol. The van der Waals surface area contributed by atoms with E-state index in [0.717, 1.165) is 19.3 Å². The Balaban J connectivity index is 1.77. The summed E-state index contributed by atoms with van der Waals surface area (Å²) in [4.78, 5) is 12.9. The molecule has 0 saturated heterocycles. The van der Waals surface area contributed by atoms with Crippen molar-refractivity contribution in [1.82, 2.24) is 0 Å². The summed E-state index contributed by atoms with van der Waals surface area (Å²) in [6.45, 7) is 2.73. The van der Waals surface area contributed by atoms with Gasteiger partial charge in [0.05, 0.1) is 17.2 Å². The molecule has 0 heterocycles. The van der Waals surface area contributed by atoms with E-state index < -0.39 is 10.0 Å². The van der Waals surface area contributed by atoms with Gasteiger partial charge in [-0.25, -0.2) is 8.42 Å². The van der Waals surface area contributed by atoms with E-state index in [-0.39, 0.29) is 16.4 Å². The van der Waals surface area contributed by atoms with Crippen molar-refractivity contribution >= 4 is 21.5 Å². The second-order valence-electron chi connectivity index (χ2n) is 6.87. The average molecular weight is 424 g/mol. The zero-order chi connectivity index (χ0) is 21.4. The first-order valence-electron chi connectivity index (χ1n) is 9.96. The standard InChI is InChI=1S/C24H25NO4S/c1-2-3-9-18-29-20-14-16-21(17-15-20)30(27,28)25-23-13-8-7-12-22(23)24(26)19-10-5-4-6-11-19/h4-8,10-17,25H,2-3,9,18H2,1H3. The van der Waals surface area contributed by atoms with E-state index in [2.05, 4.69) is 11.6 Å². The number of benzene rings is 3. The van der Waals surface area contributed by atoms with Crippen LogP contribution in [0.2, 0.25) is 0 Å². The van der Waals surface area contributed by atoms with Crippen LogP contribution < -0.4 is 9.46 Å². The topological polar surface area (TPSA) is 72.5 Å². The summed E-state index contributed by atoms with van der Waals surface area (Å²) in [5.74, 6) is 0.384. The first-order chi connectivity index (χ1) is 14.5. The maximum atomic E-state index is 12.9. The van der Waals surface area contributed by atoms with Gasteiger partial charge in [-0.05, 0) is 42.8 Å². The fraction of sp³-hybridized carbons (Fsp3) is 0.208. The summed E-state index contributed by atoms with van der Waals surface area (Å²) in [6.07, 6.45) is 3.17. The number of nitrogens with one attached hydrogen (secondary N) is 1. The number of hydrogen-bond acceptors (Lipinski definition) is 4. The van der Waals surface area contributed by atoms with E-state index in [0.29, 0.717) is 23.5 Å². The first-order valence-corrected chi connectivity index (χ1v) is 11.4. The molecular formula is C24H25NO4S. The number of carbonyl (C=O) groups excluding carboxylic acids is 1. The summed E-state index contributed by atoms with van der Waals surface area (Å²) < 4.78 is 33.9. The van der Waals surface area contributed by atoms with Crippen molar-refractivity contribution < 1.29 is 17.9 Å². The number of unbranched alkanes of at least 4 members (excludes halogenated alkanes) is 2. The molecule has 0 saturated carbocycles. The second kappa shape index (κ2) is 10.1. The number of hydrogen-bond donors (Lipinski definition) is 1. The van der Waals surface area contributed by atoms with Crippen molar-refractivity contribution in [2.24, 2.45) is 0 Å². The Morgan fingerprint density at radius 3 is 2.23 bits per heavy atom. The highest BCUT2D eigenvalue weighted by Gasteiger charge is 2.19. The van der Waals surface area contributed by atoms with Crippen LogP contribution in [-0.2, 0) is 10.0 Å². The quantitative estimate of drug-likeness (QED) is 0.355. The lowest BCUT2D eigenvalue weighted by atomic mass is 10.0. The van der Waals surface area contributed by atoms with E-state index in [1.165, 1.54) is 12.1 Å². The van der Waals surface area contributed by atoms with Gasteiger partial charge in [-0.3, -0.25) is 9.52 Å². The van der Waals surface area contributed by atoms with Gasteiger partial charge in [-0.1, -0.05) is 62.2 Å². The highest BCUT2D eigenvalue weighted by Crippen LogP contribution is 2.24. The van der Waals surface area contributed by atoms with Crippen LogP contribution in [0.1, 0.15) is 42.1 Å². The predicted molar refractivity (Wildman–Crippen MR) is 119 cm³/mol. The normalized spacial score (nSPS) is 11.1. The molecule has 0 spiro atoms. The summed E-state index contributed by atoms with van der Waals surface area (Å²) in [5.41, 5.74) is 1.03. The lowest BCUT2D eigenvalue weighted by molar-refractivity contribution is 0.103. The molecule has 5 nitrogen and oxygen atoms in total. The van der Waals surface area contributed by atoms with Gasteiger partial charge >= 0.3 is 0 Å². The molecule has 3 aromatic rings. The van der Waals surface area contributed by atoms with Gasteiger partial charge in [0.2, 0.25) is 0 Å². The molecule has 30 heavy (non-hydrogen) atoms. The molecule has 0 aromatic heterocycles. The second-order valence-corrected chi connectivity index (χ2v) is 8.56. The molecule has 0 aliphatic heterocycles. The molecule has 0 unspecified atom stereocenters. The third-order valence-corrected chi connectivity index (χ3v) is 5.98. The van der Waals surface area contributed by atoms with Crippen LogP contribution in [0.3, 0.4) is 0 Å². The molecule has 6 heteroatoms. The van der Waals surface area contributed by atoms with E-state index in [4.69, 9.17) is 4.74 Å². The average Bonchev–Trinajstić information content (AvgIpc) is 2.77. The number of sulfonamides is 1. The number of ether oxygens (including phenoxy) is 1. The lowest BCUT2D eigenvalue weighted by Crippen LogP contribution is -2.16. The van der Waals surface area contributed by atoms with Gasteiger partial charge < -0.3 is 4.74 Å². The van der Waals surface area contributed by atoms with Gasteiger partial charge in [0, 0.05) is 11.1 Å². The van der Waals surface area contributed by atoms with Crippen LogP contribution in [0.4, 0.5) is 5.69 Å². The number of para-hydroxylation sites is 1. The van der Waals surface area contributed by atoms with Crippen molar-refractivity contribution in [3.63, 3.8) is 0 Å². The van der Waals surface area contributed by atoms with Crippen LogP contribution in [-0.4, -0.2) is 20.8 Å². The molecule has 156 valence electrons. The Hall–Kier alpha value is -3.12. The molecule has 0 bridgehead atoms. The smallest absolute Gasteiger partial charge is 0.261 e. The third-order valence-electron chi connectivity index (χ3n) is 4.60. The fourth-order valence-electron chi connectivity index (χ4n) is 2.98. The minimum atomic E-state index is -3.86. The Kier molecular flexibility index (Phi) is 7.25. The summed E-state index contributed by atoms with van der Waals surface area (Å²) in [7, 11) is -3.86. The Morgan fingerprint density at radius 2 is 1.53 bits per heavy atom. The van der Waals surface area contributed by atoms with Crippen LogP contribution in [0.5, 0.6) is 5.75 Å². The largest absolute Gasteiger partial charge is 0.494 e. The first kappa shape index (κ1) is 21.6. The van der Waals surface area contributed by atoms with Crippen LogP contribution in [0.25, 0.3) is 0 Å². The molecule has 0 radical (unpaired) electrons. The molecule has 0 fully saturated rings. The van der Waals surface area contributed by atoms with Gasteiger partial charge in [0.25, 0.3) is 10.0 Å². The minimum Gasteiger partial charge on any atom is -0.494 e. The predicted octanol–water partition coefficient (Wildman–Crippen LogP) is 5.29. The molecule has 3 rings (SSSR count). The Labute approximate surface area is 177 Å². The van der Waals surface area contributed by atoms with Gasteiger partial charge in [-0.15, -0.1) is 0 Å². The maximum absolute atomic E-state index is 12.9. The zero-order valence-electron chi connectivity index (χ0n) is 16.9.